The van der Waals surface area contributed by atoms with E-state index in [1.807, 2.05) is 29.1 Å². The molecule has 0 amide bonds. The van der Waals surface area contributed by atoms with Crippen molar-refractivity contribution in [2.45, 2.75) is 31.9 Å². The molecule has 1 aromatic rings. The average Bonchev–Trinajstić information content (AvgIpc) is 2.54. The number of aryl methyl sites for hydroxylation is 2. The highest BCUT2D eigenvalue weighted by molar-refractivity contribution is 7.85. The van der Waals surface area contributed by atoms with E-state index in [1.165, 1.54) is 0 Å². The lowest BCUT2D eigenvalue weighted by Gasteiger charge is -2.24. The Labute approximate surface area is 139 Å². The predicted molar refractivity (Wildman–Crippen MR) is 87.6 cm³/mol. The van der Waals surface area contributed by atoms with Crippen LogP contribution in [0.15, 0.2) is 24.5 Å². The Morgan fingerprint density at radius 3 is 2.13 bits per heavy atom. The summed E-state index contributed by atoms with van der Waals surface area (Å²) in [7, 11) is -1.59. The molecule has 0 radical (unpaired) electrons. The smallest absolute Gasteiger partial charge is 0.377 e. The average molecular weight is 365 g/mol. The molecule has 0 saturated carbocycles. The molecule has 23 heavy (non-hydrogen) atoms. The zero-order valence-electron chi connectivity index (χ0n) is 13.9. The fourth-order valence-electron chi connectivity index (χ4n) is 2.24. The Balaban J connectivity index is 2.44. The molecule has 132 valence electrons. The lowest BCUT2D eigenvalue weighted by molar-refractivity contribution is -0.697. The molecular weight excluding hydrogens is 338 g/mol. The molecule has 1 rings (SSSR count). The van der Waals surface area contributed by atoms with Gasteiger partial charge in [-0.3, -0.25) is 4.55 Å². The Bertz CT molecular complexity index is 551. The highest BCUT2D eigenvalue weighted by Gasteiger charge is 2.37. The molecule has 0 atom stereocenters. The minimum atomic E-state index is -3.86. The van der Waals surface area contributed by atoms with E-state index >= 15 is 0 Å². The van der Waals surface area contributed by atoms with Crippen molar-refractivity contribution in [3.8, 4) is 0 Å². The van der Waals surface area contributed by atoms with Crippen LogP contribution in [0.2, 0.25) is 6.04 Å². The summed E-state index contributed by atoms with van der Waals surface area (Å²) in [6, 6.07) is 4.74. The molecule has 0 saturated heterocycles. The maximum absolute atomic E-state index is 10.6. The molecule has 0 aromatic carbocycles. The first-order valence-corrected chi connectivity index (χ1v) is 11.0. The van der Waals surface area contributed by atoms with Gasteiger partial charge < -0.3 is 13.3 Å². The van der Waals surface area contributed by atoms with Crippen molar-refractivity contribution >= 4 is 18.9 Å². The van der Waals surface area contributed by atoms with Crippen LogP contribution in [0.1, 0.15) is 18.4 Å². The van der Waals surface area contributed by atoms with E-state index in [9.17, 15) is 8.42 Å². The van der Waals surface area contributed by atoms with Gasteiger partial charge in [-0.25, -0.2) is 4.57 Å². The van der Waals surface area contributed by atoms with Crippen LogP contribution >= 0.6 is 0 Å². The number of nitrogens with zero attached hydrogens (tertiary/aromatic N) is 1. The molecule has 0 bridgehead atoms. The number of hydrogen-bond donors (Lipinski definition) is 1. The first-order valence-electron chi connectivity index (χ1n) is 7.43. The van der Waals surface area contributed by atoms with Crippen LogP contribution in [0, 0.1) is 0 Å². The fourth-order valence-corrected chi connectivity index (χ4v) is 4.51. The summed E-state index contributed by atoms with van der Waals surface area (Å²) in [5.74, 6) is -0.191. The monoisotopic (exact) mass is 364 g/mol. The summed E-state index contributed by atoms with van der Waals surface area (Å²) in [5.41, 5.74) is 1.15. The minimum absolute atomic E-state index is 0.191. The molecule has 0 aliphatic rings. The molecule has 7 nitrogen and oxygen atoms in total. The van der Waals surface area contributed by atoms with Gasteiger partial charge in [0, 0.05) is 45.9 Å². The molecular formula is C14H26NO6SSi+. The Hall–Kier alpha value is -0.843. The third kappa shape index (κ3) is 7.51. The zero-order chi connectivity index (χ0) is 17.3. The summed E-state index contributed by atoms with van der Waals surface area (Å²) in [6.07, 6.45) is 5.84. The van der Waals surface area contributed by atoms with Crippen LogP contribution in [0.25, 0.3) is 0 Å². The SMILES string of the molecule is CO[Si](CCc1cc[n+](CCCCS(=O)(=O)O)cc1)(OC)OC. The Morgan fingerprint density at radius 2 is 1.65 bits per heavy atom. The highest BCUT2D eigenvalue weighted by atomic mass is 32.2. The topological polar surface area (TPSA) is 85.9 Å². The number of aromatic nitrogens is 1. The van der Waals surface area contributed by atoms with Gasteiger partial charge in [0.25, 0.3) is 10.1 Å². The van der Waals surface area contributed by atoms with Crippen LogP contribution in [-0.2, 0) is 36.4 Å². The van der Waals surface area contributed by atoms with Gasteiger partial charge >= 0.3 is 8.80 Å². The molecule has 0 unspecified atom stereocenters. The van der Waals surface area contributed by atoms with E-state index in [0.29, 0.717) is 25.4 Å². The van der Waals surface area contributed by atoms with Crippen LogP contribution in [0.3, 0.4) is 0 Å². The Morgan fingerprint density at radius 1 is 1.09 bits per heavy atom. The predicted octanol–water partition coefficient (Wildman–Crippen LogP) is 1.06. The zero-order valence-corrected chi connectivity index (χ0v) is 15.7. The van der Waals surface area contributed by atoms with E-state index in [1.54, 1.807) is 21.3 Å². The van der Waals surface area contributed by atoms with E-state index in [4.69, 9.17) is 17.8 Å². The van der Waals surface area contributed by atoms with Crippen molar-refractivity contribution in [3.63, 3.8) is 0 Å². The molecule has 9 heteroatoms. The molecule has 0 aliphatic heterocycles. The van der Waals surface area contributed by atoms with E-state index in [0.717, 1.165) is 12.0 Å². The minimum Gasteiger partial charge on any atom is -0.377 e. The number of unbranched alkanes of at least 4 members (excludes halogenated alkanes) is 1. The third-order valence-corrected chi connectivity index (χ3v) is 7.21. The second-order valence-electron chi connectivity index (χ2n) is 5.23. The van der Waals surface area contributed by atoms with Gasteiger partial charge in [-0.05, 0) is 18.4 Å². The van der Waals surface area contributed by atoms with Crippen LogP contribution in [0.5, 0.6) is 0 Å². The van der Waals surface area contributed by atoms with Crippen LogP contribution in [-0.4, -0.2) is 48.9 Å². The molecule has 0 aliphatic carbocycles. The fraction of sp³-hybridized carbons (Fsp3) is 0.643. The van der Waals surface area contributed by atoms with Crippen molar-refractivity contribution in [2.75, 3.05) is 27.1 Å². The maximum Gasteiger partial charge on any atom is 0.500 e. The summed E-state index contributed by atoms with van der Waals surface area (Å²) >= 11 is 0. The number of hydrogen-bond acceptors (Lipinski definition) is 5. The van der Waals surface area contributed by atoms with Gasteiger partial charge in [0.1, 0.15) is 6.54 Å². The van der Waals surface area contributed by atoms with Gasteiger partial charge in [0.15, 0.2) is 12.4 Å². The number of rotatable bonds is 11. The molecule has 1 heterocycles. The van der Waals surface area contributed by atoms with Crippen LogP contribution in [0.4, 0.5) is 0 Å². The standard InChI is InChI=1S/C14H25NO6SSi/c1-19-23(20-2,21-3)13-8-14-6-10-15(11-7-14)9-4-5-12-22(16,17)18/h6-7,10-11H,4-5,8-9,12-13H2,1-3H3/p+1. The highest BCUT2D eigenvalue weighted by Crippen LogP contribution is 2.16. The van der Waals surface area contributed by atoms with E-state index in [2.05, 4.69) is 0 Å². The van der Waals surface area contributed by atoms with E-state index in [-0.39, 0.29) is 5.75 Å². The molecule has 0 spiro atoms. The quantitative estimate of drug-likeness (QED) is 0.273. The van der Waals surface area contributed by atoms with Gasteiger partial charge in [-0.2, -0.15) is 8.42 Å². The summed E-state index contributed by atoms with van der Waals surface area (Å²) in [4.78, 5) is 0. The Kier molecular flexibility index (Phi) is 8.30. The first kappa shape index (κ1) is 20.2. The second-order valence-corrected chi connectivity index (χ2v) is 9.90. The molecule has 0 fully saturated rings. The van der Waals surface area contributed by atoms with Crippen molar-refractivity contribution in [1.82, 2.24) is 0 Å². The number of pyridine rings is 1. The normalized spacial score (nSPS) is 12.5. The summed E-state index contributed by atoms with van der Waals surface area (Å²) in [5, 5.41) is 0. The van der Waals surface area contributed by atoms with Crippen molar-refractivity contribution in [2.24, 2.45) is 0 Å². The lowest BCUT2D eigenvalue weighted by atomic mass is 10.2. The molecule has 1 N–H and O–H groups in total. The summed E-state index contributed by atoms with van der Waals surface area (Å²) < 4.78 is 48.1. The van der Waals surface area contributed by atoms with Crippen molar-refractivity contribution < 1.29 is 30.8 Å². The summed E-state index contributed by atoms with van der Waals surface area (Å²) in [6.45, 7) is 0.711. The molecule has 1 aromatic heterocycles. The third-order valence-electron chi connectivity index (χ3n) is 3.68. The van der Waals surface area contributed by atoms with Gasteiger partial charge in [0.05, 0.1) is 5.75 Å². The second kappa shape index (κ2) is 9.45. The largest absolute Gasteiger partial charge is 0.500 e. The van der Waals surface area contributed by atoms with Gasteiger partial charge in [-0.1, -0.05) is 0 Å². The first-order chi connectivity index (χ1) is 10.8. The van der Waals surface area contributed by atoms with Crippen molar-refractivity contribution in [3.05, 3.63) is 30.1 Å². The van der Waals surface area contributed by atoms with Crippen molar-refractivity contribution in [1.29, 1.82) is 0 Å². The van der Waals surface area contributed by atoms with Crippen LogP contribution < -0.4 is 4.57 Å². The van der Waals surface area contributed by atoms with Gasteiger partial charge in [-0.15, -0.1) is 0 Å². The lowest BCUT2D eigenvalue weighted by Crippen LogP contribution is -2.43. The van der Waals surface area contributed by atoms with Gasteiger partial charge in [0.2, 0.25) is 0 Å². The van der Waals surface area contributed by atoms with E-state index < -0.39 is 18.9 Å². The maximum atomic E-state index is 10.6.